The topological polar surface area (TPSA) is 79.3 Å². The van der Waals surface area contributed by atoms with E-state index >= 15 is 0 Å². The van der Waals surface area contributed by atoms with Crippen molar-refractivity contribution in [1.29, 1.82) is 0 Å². The number of ether oxygens (including phenoxy) is 2. The van der Waals surface area contributed by atoms with Crippen LogP contribution in [0.5, 0.6) is 5.75 Å². The molecule has 2 saturated heterocycles. The average Bonchev–Trinajstić information content (AvgIpc) is 3.10. The summed E-state index contributed by atoms with van der Waals surface area (Å²) in [7, 11) is 1.53. The van der Waals surface area contributed by atoms with E-state index in [4.69, 9.17) is 21.1 Å². The first-order chi connectivity index (χ1) is 16.0. The average molecular weight is 471 g/mol. The van der Waals surface area contributed by atoms with Gasteiger partial charge in [-0.25, -0.2) is 0 Å². The number of halogens is 1. The molecule has 2 aliphatic heterocycles. The molecule has 2 aromatic carbocycles. The number of carbonyl (C=O) groups is 2. The first-order valence-electron chi connectivity index (χ1n) is 11.0. The highest BCUT2D eigenvalue weighted by atomic mass is 35.5. The Balaban J connectivity index is 1.67. The Hall–Kier alpha value is -2.87. The number of benzene rings is 2. The van der Waals surface area contributed by atoms with E-state index in [0.29, 0.717) is 42.5 Å². The van der Waals surface area contributed by atoms with Gasteiger partial charge in [-0.15, -0.1) is 0 Å². The largest absolute Gasteiger partial charge is 0.507 e. The fourth-order valence-electron chi connectivity index (χ4n) is 4.32. The van der Waals surface area contributed by atoms with Gasteiger partial charge in [0.2, 0.25) is 0 Å². The van der Waals surface area contributed by atoms with Gasteiger partial charge in [0.25, 0.3) is 11.7 Å². The Morgan fingerprint density at radius 2 is 1.85 bits per heavy atom. The Morgan fingerprint density at radius 1 is 1.12 bits per heavy atom. The molecule has 2 aromatic rings. The van der Waals surface area contributed by atoms with Crippen molar-refractivity contribution in [1.82, 2.24) is 9.80 Å². The molecule has 0 bridgehead atoms. The molecule has 1 N–H and O–H groups in total. The van der Waals surface area contributed by atoms with Gasteiger partial charge in [-0.1, -0.05) is 35.9 Å². The molecule has 0 radical (unpaired) electrons. The van der Waals surface area contributed by atoms with Crippen LogP contribution in [0.15, 0.2) is 54.1 Å². The highest BCUT2D eigenvalue weighted by Crippen LogP contribution is 2.40. The lowest BCUT2D eigenvalue weighted by molar-refractivity contribution is -0.140. The minimum absolute atomic E-state index is 0.0712. The van der Waals surface area contributed by atoms with Crippen LogP contribution in [0.25, 0.3) is 5.76 Å². The normalized spacial score (nSPS) is 20.9. The molecule has 4 rings (SSSR count). The number of nitrogens with zero attached hydrogens (tertiary/aromatic N) is 2. The second-order valence-electron chi connectivity index (χ2n) is 8.08. The lowest BCUT2D eigenvalue weighted by atomic mass is 9.95. The fraction of sp³-hybridized carbons (Fsp3) is 0.360. The number of rotatable bonds is 7. The molecular weight excluding hydrogens is 444 g/mol. The molecule has 33 heavy (non-hydrogen) atoms. The maximum Gasteiger partial charge on any atom is 0.295 e. The number of aliphatic hydroxyl groups is 1. The third-order valence-corrected chi connectivity index (χ3v) is 6.30. The molecule has 0 aromatic heterocycles. The van der Waals surface area contributed by atoms with Crippen LogP contribution in [-0.2, 0) is 14.3 Å². The minimum Gasteiger partial charge on any atom is -0.507 e. The summed E-state index contributed by atoms with van der Waals surface area (Å²) in [6.07, 6.45) is 0.705. The summed E-state index contributed by atoms with van der Waals surface area (Å²) in [4.78, 5) is 30.0. The maximum atomic E-state index is 13.1. The van der Waals surface area contributed by atoms with Crippen molar-refractivity contribution < 1.29 is 24.2 Å². The Kier molecular flexibility index (Phi) is 7.33. The molecule has 1 amide bonds. The van der Waals surface area contributed by atoms with Crippen LogP contribution in [0.2, 0.25) is 5.02 Å². The summed E-state index contributed by atoms with van der Waals surface area (Å²) < 4.78 is 10.6. The number of hydrogen-bond donors (Lipinski definition) is 1. The molecule has 2 heterocycles. The van der Waals surface area contributed by atoms with Gasteiger partial charge in [0.15, 0.2) is 0 Å². The first-order valence-corrected chi connectivity index (χ1v) is 11.4. The quantitative estimate of drug-likeness (QED) is 0.379. The van der Waals surface area contributed by atoms with Crippen LogP contribution in [0.4, 0.5) is 0 Å². The Labute approximate surface area is 198 Å². The number of morpholine rings is 1. The molecule has 7 nitrogen and oxygen atoms in total. The molecule has 2 aliphatic rings. The van der Waals surface area contributed by atoms with Crippen molar-refractivity contribution in [3.63, 3.8) is 0 Å². The van der Waals surface area contributed by atoms with Gasteiger partial charge in [-0.05, 0) is 36.2 Å². The summed E-state index contributed by atoms with van der Waals surface area (Å²) in [5.41, 5.74) is 1.20. The highest BCUT2D eigenvalue weighted by molar-refractivity contribution is 6.46. The number of likely N-dealkylation sites (tertiary alicyclic amines) is 1. The standard InChI is InChI=1S/C25H27ClN2O5/c1-32-20-5-2-4-18(16-20)23(29)21-22(17-6-8-19(26)9-7-17)28(25(31)24(21)30)11-3-10-27-12-14-33-15-13-27/h2,4-9,16,22,29H,3,10-15H2,1H3/b23-21+/t22-/m0/s1. The van der Waals surface area contributed by atoms with E-state index in [9.17, 15) is 14.7 Å². The summed E-state index contributed by atoms with van der Waals surface area (Å²) in [5.74, 6) is -0.979. The lowest BCUT2D eigenvalue weighted by Crippen LogP contribution is -2.38. The number of ketones is 1. The van der Waals surface area contributed by atoms with Crippen molar-refractivity contribution in [3.8, 4) is 5.75 Å². The van der Waals surface area contributed by atoms with Gasteiger partial charge >= 0.3 is 0 Å². The molecule has 8 heteroatoms. The highest BCUT2D eigenvalue weighted by Gasteiger charge is 2.45. The fourth-order valence-corrected chi connectivity index (χ4v) is 4.44. The van der Waals surface area contributed by atoms with Crippen molar-refractivity contribution in [2.24, 2.45) is 0 Å². The van der Waals surface area contributed by atoms with Crippen LogP contribution in [0.3, 0.4) is 0 Å². The SMILES string of the molecule is COc1cccc(/C(O)=C2\C(=O)C(=O)N(CCCN3CCOCC3)[C@H]2c2ccc(Cl)cc2)c1. The molecule has 0 aliphatic carbocycles. The van der Waals surface area contributed by atoms with E-state index in [1.807, 2.05) is 0 Å². The van der Waals surface area contributed by atoms with E-state index < -0.39 is 17.7 Å². The number of carbonyl (C=O) groups excluding carboxylic acids is 2. The van der Waals surface area contributed by atoms with Crippen LogP contribution in [0.1, 0.15) is 23.6 Å². The van der Waals surface area contributed by atoms with E-state index in [1.165, 1.54) is 7.11 Å². The molecular formula is C25H27ClN2O5. The third kappa shape index (κ3) is 5.05. The van der Waals surface area contributed by atoms with Crippen LogP contribution < -0.4 is 4.74 Å². The molecule has 1 atom stereocenters. The monoisotopic (exact) mass is 470 g/mol. The second kappa shape index (κ2) is 10.4. The number of methoxy groups -OCH3 is 1. The molecule has 0 saturated carbocycles. The van der Waals surface area contributed by atoms with Gasteiger partial charge in [0.05, 0.1) is 31.9 Å². The first kappa shape index (κ1) is 23.3. The summed E-state index contributed by atoms with van der Waals surface area (Å²) in [5, 5.41) is 11.7. The van der Waals surface area contributed by atoms with Crippen LogP contribution in [-0.4, -0.2) is 73.1 Å². The zero-order chi connectivity index (χ0) is 23.4. The summed E-state index contributed by atoms with van der Waals surface area (Å²) in [6.45, 7) is 4.32. The molecule has 2 fully saturated rings. The van der Waals surface area contributed by atoms with E-state index in [-0.39, 0.29) is 11.3 Å². The summed E-state index contributed by atoms with van der Waals surface area (Å²) >= 11 is 6.07. The second-order valence-corrected chi connectivity index (χ2v) is 8.52. The van der Waals surface area contributed by atoms with Crippen molar-refractivity contribution >= 4 is 29.1 Å². The van der Waals surface area contributed by atoms with Crippen molar-refractivity contribution in [3.05, 3.63) is 70.3 Å². The molecule has 0 spiro atoms. The Bertz CT molecular complexity index is 1050. The Morgan fingerprint density at radius 3 is 2.55 bits per heavy atom. The predicted octanol–water partition coefficient (Wildman–Crippen LogP) is 3.49. The predicted molar refractivity (Wildman–Crippen MR) is 125 cm³/mol. The van der Waals surface area contributed by atoms with E-state index in [2.05, 4.69) is 4.90 Å². The van der Waals surface area contributed by atoms with Crippen molar-refractivity contribution in [2.75, 3.05) is 46.5 Å². The third-order valence-electron chi connectivity index (χ3n) is 6.05. The van der Waals surface area contributed by atoms with Gasteiger partial charge in [0, 0.05) is 36.8 Å². The zero-order valence-electron chi connectivity index (χ0n) is 18.5. The van der Waals surface area contributed by atoms with Gasteiger partial charge in [0.1, 0.15) is 11.5 Å². The lowest BCUT2D eigenvalue weighted by Gasteiger charge is -2.29. The minimum atomic E-state index is -0.696. The van der Waals surface area contributed by atoms with Gasteiger partial charge in [-0.3, -0.25) is 14.5 Å². The van der Waals surface area contributed by atoms with Crippen LogP contribution in [0, 0.1) is 0 Å². The number of hydrogen-bond acceptors (Lipinski definition) is 6. The maximum absolute atomic E-state index is 13.1. The number of amides is 1. The summed E-state index contributed by atoms with van der Waals surface area (Å²) in [6, 6.07) is 13.1. The smallest absolute Gasteiger partial charge is 0.295 e. The van der Waals surface area contributed by atoms with E-state index in [0.717, 1.165) is 25.2 Å². The molecule has 174 valence electrons. The van der Waals surface area contributed by atoms with Gasteiger partial charge in [-0.2, -0.15) is 0 Å². The van der Waals surface area contributed by atoms with Crippen molar-refractivity contribution in [2.45, 2.75) is 12.5 Å². The van der Waals surface area contributed by atoms with Crippen LogP contribution >= 0.6 is 11.6 Å². The number of aliphatic hydroxyl groups excluding tert-OH is 1. The van der Waals surface area contributed by atoms with Gasteiger partial charge < -0.3 is 19.5 Å². The number of Topliss-reactive ketones (excluding diaryl/α,β-unsaturated/α-hetero) is 1. The zero-order valence-corrected chi connectivity index (χ0v) is 19.3. The molecule has 0 unspecified atom stereocenters. The van der Waals surface area contributed by atoms with E-state index in [1.54, 1.807) is 53.4 Å².